The molecule has 4 heteroatoms. The van der Waals surface area contributed by atoms with Crippen LogP contribution in [0.5, 0.6) is 5.75 Å². The average Bonchev–Trinajstić information content (AvgIpc) is 2.87. The number of hydrogen-bond donors (Lipinski definition) is 1. The largest absolute Gasteiger partial charge is 0.493 e. The van der Waals surface area contributed by atoms with E-state index in [0.29, 0.717) is 6.54 Å². The molecule has 0 aromatic heterocycles. The molecule has 0 amide bonds. The van der Waals surface area contributed by atoms with Crippen molar-refractivity contribution < 1.29 is 9.13 Å². The topological polar surface area (TPSA) is 21.3 Å². The number of benzene rings is 2. The van der Waals surface area contributed by atoms with Crippen LogP contribution in [0.4, 0.5) is 10.1 Å². The molecule has 1 aliphatic rings. The Bertz CT molecular complexity index is 615. The number of fused-ring (bicyclic) bond motifs is 1. The van der Waals surface area contributed by atoms with Crippen LogP contribution in [0.3, 0.4) is 0 Å². The van der Waals surface area contributed by atoms with Gasteiger partial charge in [0.25, 0.3) is 0 Å². The standard InChI is InChI=1S/C15H13BrFNO/c16-13-3-2-12(17)8-14(13)18-9-10-1-4-15-11(7-10)5-6-19-15/h1-4,7-8,18H,5-6,9H2. The Morgan fingerprint density at radius 1 is 1.21 bits per heavy atom. The molecule has 0 saturated heterocycles. The van der Waals surface area contributed by atoms with Crippen molar-refractivity contribution in [3.8, 4) is 5.75 Å². The highest BCUT2D eigenvalue weighted by atomic mass is 79.9. The molecule has 0 fully saturated rings. The van der Waals surface area contributed by atoms with Crippen molar-refractivity contribution >= 4 is 21.6 Å². The van der Waals surface area contributed by atoms with E-state index >= 15 is 0 Å². The first kappa shape index (κ1) is 12.5. The summed E-state index contributed by atoms with van der Waals surface area (Å²) in [6, 6.07) is 10.8. The highest BCUT2D eigenvalue weighted by Gasteiger charge is 2.11. The highest BCUT2D eigenvalue weighted by Crippen LogP contribution is 2.27. The Morgan fingerprint density at radius 2 is 2.11 bits per heavy atom. The molecular formula is C15H13BrFNO. The van der Waals surface area contributed by atoms with Crippen LogP contribution in [0.2, 0.25) is 0 Å². The Morgan fingerprint density at radius 3 is 3.00 bits per heavy atom. The second-order valence-electron chi connectivity index (χ2n) is 4.52. The van der Waals surface area contributed by atoms with Gasteiger partial charge >= 0.3 is 0 Å². The molecule has 0 bridgehead atoms. The molecule has 0 spiro atoms. The SMILES string of the molecule is Fc1ccc(Br)c(NCc2ccc3c(c2)CCO3)c1. The van der Waals surface area contributed by atoms with Crippen molar-refractivity contribution in [2.45, 2.75) is 13.0 Å². The molecule has 3 rings (SSSR count). The van der Waals surface area contributed by atoms with E-state index in [4.69, 9.17) is 4.74 Å². The Kier molecular flexibility index (Phi) is 3.42. The van der Waals surface area contributed by atoms with Gasteiger partial charge in [-0.2, -0.15) is 0 Å². The third-order valence-corrected chi connectivity index (χ3v) is 3.86. The van der Waals surface area contributed by atoms with Crippen LogP contribution >= 0.6 is 15.9 Å². The second kappa shape index (κ2) is 5.21. The van der Waals surface area contributed by atoms with Crippen LogP contribution in [0.1, 0.15) is 11.1 Å². The van der Waals surface area contributed by atoms with E-state index in [1.165, 1.54) is 23.3 Å². The van der Waals surface area contributed by atoms with Gasteiger partial charge in [0.1, 0.15) is 11.6 Å². The van der Waals surface area contributed by atoms with Gasteiger partial charge in [0.15, 0.2) is 0 Å². The summed E-state index contributed by atoms with van der Waals surface area (Å²) in [5.41, 5.74) is 3.18. The maximum atomic E-state index is 13.2. The van der Waals surface area contributed by atoms with E-state index < -0.39 is 0 Å². The molecule has 0 unspecified atom stereocenters. The molecule has 2 nitrogen and oxygen atoms in total. The van der Waals surface area contributed by atoms with E-state index in [2.05, 4.69) is 27.3 Å². The van der Waals surface area contributed by atoms with E-state index in [1.54, 1.807) is 6.07 Å². The minimum Gasteiger partial charge on any atom is -0.493 e. The molecule has 2 aromatic carbocycles. The summed E-state index contributed by atoms with van der Waals surface area (Å²) >= 11 is 3.40. The smallest absolute Gasteiger partial charge is 0.125 e. The summed E-state index contributed by atoms with van der Waals surface area (Å²) in [6.07, 6.45) is 0.965. The molecule has 2 aromatic rings. The first-order chi connectivity index (χ1) is 9.22. The lowest BCUT2D eigenvalue weighted by Crippen LogP contribution is -2.00. The molecule has 0 radical (unpaired) electrons. The molecule has 19 heavy (non-hydrogen) atoms. The van der Waals surface area contributed by atoms with Gasteiger partial charge < -0.3 is 10.1 Å². The fourth-order valence-electron chi connectivity index (χ4n) is 2.18. The summed E-state index contributed by atoms with van der Waals surface area (Å²) in [7, 11) is 0. The van der Waals surface area contributed by atoms with E-state index in [1.807, 2.05) is 12.1 Å². The van der Waals surface area contributed by atoms with Crippen molar-refractivity contribution in [1.82, 2.24) is 0 Å². The summed E-state index contributed by atoms with van der Waals surface area (Å²) in [5, 5.41) is 3.23. The maximum Gasteiger partial charge on any atom is 0.125 e. The Balaban J connectivity index is 1.74. The fourth-order valence-corrected chi connectivity index (χ4v) is 2.57. The molecule has 98 valence electrons. The summed E-state index contributed by atoms with van der Waals surface area (Å²) in [5.74, 6) is 0.740. The number of halogens is 2. The zero-order chi connectivity index (χ0) is 13.2. The number of anilines is 1. The monoisotopic (exact) mass is 321 g/mol. The normalized spacial score (nSPS) is 12.9. The van der Waals surface area contributed by atoms with Crippen LogP contribution in [0.15, 0.2) is 40.9 Å². The third-order valence-electron chi connectivity index (χ3n) is 3.17. The molecule has 1 N–H and O–H groups in total. The molecule has 0 aliphatic carbocycles. The van der Waals surface area contributed by atoms with Gasteiger partial charge in [0.05, 0.1) is 12.3 Å². The van der Waals surface area contributed by atoms with Gasteiger partial charge in [0, 0.05) is 17.4 Å². The van der Waals surface area contributed by atoms with Crippen LogP contribution in [0, 0.1) is 5.82 Å². The van der Waals surface area contributed by atoms with Gasteiger partial charge in [-0.15, -0.1) is 0 Å². The highest BCUT2D eigenvalue weighted by molar-refractivity contribution is 9.10. The van der Waals surface area contributed by atoms with Crippen molar-refractivity contribution in [2.24, 2.45) is 0 Å². The minimum absolute atomic E-state index is 0.243. The van der Waals surface area contributed by atoms with Gasteiger partial charge in [-0.3, -0.25) is 0 Å². The van der Waals surface area contributed by atoms with Crippen molar-refractivity contribution in [1.29, 1.82) is 0 Å². The van der Waals surface area contributed by atoms with Crippen molar-refractivity contribution in [2.75, 3.05) is 11.9 Å². The van der Waals surface area contributed by atoms with Crippen molar-refractivity contribution in [3.05, 3.63) is 57.8 Å². The number of ether oxygens (including phenoxy) is 1. The lowest BCUT2D eigenvalue weighted by Gasteiger charge is -2.09. The second-order valence-corrected chi connectivity index (χ2v) is 5.37. The van der Waals surface area contributed by atoms with Gasteiger partial charge in [-0.05, 0) is 51.3 Å². The zero-order valence-corrected chi connectivity index (χ0v) is 11.8. The summed E-state index contributed by atoms with van der Waals surface area (Å²) < 4.78 is 19.5. The summed E-state index contributed by atoms with van der Waals surface area (Å²) in [6.45, 7) is 1.43. The van der Waals surface area contributed by atoms with E-state index in [0.717, 1.165) is 28.9 Å². The van der Waals surface area contributed by atoms with Crippen LogP contribution in [-0.4, -0.2) is 6.61 Å². The number of nitrogens with one attached hydrogen (secondary N) is 1. The lowest BCUT2D eigenvalue weighted by molar-refractivity contribution is 0.357. The first-order valence-corrected chi connectivity index (χ1v) is 6.95. The van der Waals surface area contributed by atoms with Crippen molar-refractivity contribution in [3.63, 3.8) is 0 Å². The minimum atomic E-state index is -0.243. The zero-order valence-electron chi connectivity index (χ0n) is 10.2. The molecule has 0 atom stereocenters. The number of rotatable bonds is 3. The van der Waals surface area contributed by atoms with Gasteiger partial charge in [0.2, 0.25) is 0 Å². The van der Waals surface area contributed by atoms with Crippen LogP contribution in [0.25, 0.3) is 0 Å². The quantitative estimate of drug-likeness (QED) is 0.917. The maximum absolute atomic E-state index is 13.2. The Labute approximate surface area is 119 Å². The van der Waals surface area contributed by atoms with E-state index in [-0.39, 0.29) is 5.82 Å². The van der Waals surface area contributed by atoms with Crippen LogP contribution in [-0.2, 0) is 13.0 Å². The molecular weight excluding hydrogens is 309 g/mol. The van der Waals surface area contributed by atoms with Crippen LogP contribution < -0.4 is 10.1 Å². The third kappa shape index (κ3) is 2.73. The molecule has 1 aliphatic heterocycles. The van der Waals surface area contributed by atoms with Gasteiger partial charge in [-0.1, -0.05) is 12.1 Å². The molecule has 1 heterocycles. The predicted octanol–water partition coefficient (Wildman–Crippen LogP) is 4.14. The Hall–Kier alpha value is -1.55. The predicted molar refractivity (Wildman–Crippen MR) is 77.1 cm³/mol. The molecule has 0 saturated carbocycles. The fraction of sp³-hybridized carbons (Fsp3) is 0.200. The average molecular weight is 322 g/mol. The lowest BCUT2D eigenvalue weighted by atomic mass is 10.1. The van der Waals surface area contributed by atoms with Gasteiger partial charge in [-0.25, -0.2) is 4.39 Å². The summed E-state index contributed by atoms with van der Waals surface area (Å²) in [4.78, 5) is 0. The number of hydrogen-bond acceptors (Lipinski definition) is 2. The first-order valence-electron chi connectivity index (χ1n) is 6.16. The van der Waals surface area contributed by atoms with E-state index in [9.17, 15) is 4.39 Å².